The fourth-order valence-electron chi connectivity index (χ4n) is 1.53. The molecule has 1 saturated carbocycles. The Morgan fingerprint density at radius 2 is 1.72 bits per heavy atom. The monoisotopic (exact) mass is 353 g/mol. The smallest absolute Gasteiger partial charge is 0.133 e. The van der Waals surface area contributed by atoms with E-state index in [1.807, 2.05) is 25.2 Å². The predicted molar refractivity (Wildman–Crippen MR) is 103 cm³/mol. The lowest BCUT2D eigenvalue weighted by Crippen LogP contribution is -2.19. The van der Waals surface area contributed by atoms with Gasteiger partial charge < -0.3 is 25.4 Å². The maximum atomic E-state index is 9.34. The van der Waals surface area contributed by atoms with Gasteiger partial charge in [-0.25, -0.2) is 0 Å². The van der Waals surface area contributed by atoms with Crippen molar-refractivity contribution in [3.05, 3.63) is 35.9 Å². The quantitative estimate of drug-likeness (QED) is 0.508. The molecule has 6 nitrogen and oxygen atoms in total. The lowest BCUT2D eigenvalue weighted by Gasteiger charge is -2.09. The largest absolute Gasteiger partial charge is 0.363 e. The Labute approximate surface area is 152 Å². The van der Waals surface area contributed by atoms with Crippen LogP contribution >= 0.6 is 0 Å². The summed E-state index contributed by atoms with van der Waals surface area (Å²) in [5, 5.41) is 5.61. The van der Waals surface area contributed by atoms with Gasteiger partial charge in [-0.2, -0.15) is 0 Å². The molecule has 1 aliphatic carbocycles. The van der Waals surface area contributed by atoms with Crippen LogP contribution in [0.4, 0.5) is 0 Å². The summed E-state index contributed by atoms with van der Waals surface area (Å²) in [5.41, 5.74) is 5.98. The second kappa shape index (κ2) is 20.4. The maximum Gasteiger partial charge on any atom is 0.133 e. The Morgan fingerprint density at radius 1 is 1.16 bits per heavy atom. The minimum Gasteiger partial charge on any atom is -0.363 e. The van der Waals surface area contributed by atoms with E-state index in [4.69, 9.17) is 9.53 Å². The highest BCUT2D eigenvalue weighted by Crippen LogP contribution is 2.33. The van der Waals surface area contributed by atoms with Crippen LogP contribution in [0.2, 0.25) is 0 Å². The molecule has 1 unspecified atom stereocenters. The summed E-state index contributed by atoms with van der Waals surface area (Å²) in [6.07, 6.45) is 4.67. The highest BCUT2D eigenvalue weighted by molar-refractivity contribution is 5.51. The number of benzene rings is 1. The molecule has 1 aromatic carbocycles. The van der Waals surface area contributed by atoms with E-state index in [0.29, 0.717) is 25.7 Å². The van der Waals surface area contributed by atoms with Crippen LogP contribution in [0, 0.1) is 12.8 Å². The van der Waals surface area contributed by atoms with Crippen molar-refractivity contribution in [3.8, 4) is 0 Å². The number of aldehydes is 2. The number of carbonyl (C=O) groups excluding carboxylic acids is 2. The summed E-state index contributed by atoms with van der Waals surface area (Å²) < 4.78 is 5.40. The lowest BCUT2D eigenvalue weighted by atomic mass is 10.2. The van der Waals surface area contributed by atoms with Gasteiger partial charge in [-0.3, -0.25) is 5.32 Å². The summed E-state index contributed by atoms with van der Waals surface area (Å²) in [5.74, 6) is 0.860. The summed E-state index contributed by atoms with van der Waals surface area (Å²) in [7, 11) is 3.63. The van der Waals surface area contributed by atoms with Gasteiger partial charge in [0.2, 0.25) is 0 Å². The molecule has 25 heavy (non-hydrogen) atoms. The van der Waals surface area contributed by atoms with Crippen LogP contribution in [0.25, 0.3) is 0 Å². The summed E-state index contributed by atoms with van der Waals surface area (Å²) in [6, 6.07) is 10.3. The maximum absolute atomic E-state index is 9.34. The highest BCUT2D eigenvalue weighted by Gasteiger charge is 2.28. The predicted octanol–water partition coefficient (Wildman–Crippen LogP) is 1.52. The van der Waals surface area contributed by atoms with Crippen LogP contribution in [0.1, 0.15) is 25.3 Å². The highest BCUT2D eigenvalue weighted by atomic mass is 16.5. The zero-order valence-electron chi connectivity index (χ0n) is 16.0. The minimum absolute atomic E-state index is 0.139. The number of carbonyl (C=O) groups is 2. The Kier molecular flexibility index (Phi) is 21.0. The molecule has 0 heterocycles. The Balaban J connectivity index is 0. The first-order chi connectivity index (χ1) is 12.1. The molecule has 144 valence electrons. The van der Waals surface area contributed by atoms with Crippen LogP contribution in [0.3, 0.4) is 0 Å². The molecule has 2 rings (SSSR count). The first-order valence-electron chi connectivity index (χ1n) is 8.57. The van der Waals surface area contributed by atoms with E-state index in [9.17, 15) is 4.79 Å². The van der Waals surface area contributed by atoms with Gasteiger partial charge in [0.05, 0.1) is 19.4 Å². The molecular formula is C19H35N3O3. The zero-order valence-corrected chi connectivity index (χ0v) is 16.0. The molecule has 0 spiro atoms. The van der Waals surface area contributed by atoms with Crippen LogP contribution < -0.4 is 16.4 Å². The topological polar surface area (TPSA) is 93.4 Å². The van der Waals surface area contributed by atoms with Gasteiger partial charge in [-0.15, -0.1) is 0 Å². The van der Waals surface area contributed by atoms with Gasteiger partial charge in [0, 0.05) is 6.54 Å². The van der Waals surface area contributed by atoms with E-state index in [2.05, 4.69) is 42.3 Å². The standard InChI is InChI=1S/C7H15NO.C7H8.C3H7NO.C2H5NO/c1-6(7-3-4-7)9-5-8-2;1-7-5-3-2-4-6-7;1-4-2-3-5;3-1-2-4/h6-8H,3-5H2,1-2H3;2-6H,1H3;3-4H,2H2,1H3;2H,1,3H2. The number of aryl methyl sites for hydroxylation is 1. The molecule has 0 aliphatic heterocycles. The van der Waals surface area contributed by atoms with Crippen LogP contribution in [0.15, 0.2) is 30.3 Å². The van der Waals surface area contributed by atoms with E-state index in [1.165, 1.54) is 18.4 Å². The van der Waals surface area contributed by atoms with Gasteiger partial charge in [-0.05, 0) is 46.7 Å². The molecule has 0 radical (unpaired) electrons. The van der Waals surface area contributed by atoms with Gasteiger partial charge in [0.1, 0.15) is 12.6 Å². The van der Waals surface area contributed by atoms with Gasteiger partial charge in [-0.1, -0.05) is 35.9 Å². The number of nitrogens with two attached hydrogens (primary N) is 1. The van der Waals surface area contributed by atoms with E-state index in [-0.39, 0.29) is 6.54 Å². The fraction of sp³-hybridized carbons (Fsp3) is 0.579. The van der Waals surface area contributed by atoms with Crippen molar-refractivity contribution in [2.45, 2.75) is 32.8 Å². The van der Waals surface area contributed by atoms with Crippen molar-refractivity contribution in [2.24, 2.45) is 11.7 Å². The van der Waals surface area contributed by atoms with E-state index >= 15 is 0 Å². The second-order valence-corrected chi connectivity index (χ2v) is 5.49. The van der Waals surface area contributed by atoms with Gasteiger partial charge in [0.15, 0.2) is 0 Å². The summed E-state index contributed by atoms with van der Waals surface area (Å²) in [6.45, 7) is 5.52. The van der Waals surface area contributed by atoms with Crippen molar-refractivity contribution < 1.29 is 14.3 Å². The summed E-state index contributed by atoms with van der Waals surface area (Å²) in [4.78, 5) is 18.4. The molecule has 0 bridgehead atoms. The molecule has 0 aromatic heterocycles. The number of hydrogen-bond acceptors (Lipinski definition) is 6. The Bertz CT molecular complexity index is 398. The van der Waals surface area contributed by atoms with E-state index < -0.39 is 0 Å². The van der Waals surface area contributed by atoms with Gasteiger partial charge in [0.25, 0.3) is 0 Å². The normalized spacial score (nSPS) is 12.8. The molecule has 1 aliphatic rings. The first kappa shape index (κ1) is 25.6. The number of likely N-dealkylation sites (N-methyl/N-ethyl adjacent to an activating group) is 1. The van der Waals surface area contributed by atoms with E-state index in [0.717, 1.165) is 12.2 Å². The molecule has 1 atom stereocenters. The number of rotatable bonds is 7. The molecule has 4 N–H and O–H groups in total. The van der Waals surface area contributed by atoms with Crippen molar-refractivity contribution in [2.75, 3.05) is 33.9 Å². The molecule has 0 saturated heterocycles. The van der Waals surface area contributed by atoms with Crippen LogP contribution in [-0.2, 0) is 14.3 Å². The average molecular weight is 354 g/mol. The van der Waals surface area contributed by atoms with E-state index in [1.54, 1.807) is 7.05 Å². The Hall–Kier alpha value is -1.60. The lowest BCUT2D eigenvalue weighted by molar-refractivity contribution is -0.107. The number of ether oxygens (including phenoxy) is 1. The second-order valence-electron chi connectivity index (χ2n) is 5.49. The molecule has 1 aromatic rings. The van der Waals surface area contributed by atoms with Crippen molar-refractivity contribution in [3.63, 3.8) is 0 Å². The first-order valence-corrected chi connectivity index (χ1v) is 8.57. The average Bonchev–Trinajstić information content (AvgIpc) is 3.47. The van der Waals surface area contributed by atoms with Crippen LogP contribution in [-0.4, -0.2) is 52.6 Å². The third-order valence-electron chi connectivity index (χ3n) is 3.10. The minimum atomic E-state index is 0.139. The molecule has 1 fully saturated rings. The molecule has 0 amide bonds. The number of nitrogens with one attached hydrogen (secondary N) is 2. The van der Waals surface area contributed by atoms with Crippen molar-refractivity contribution >= 4 is 12.6 Å². The third-order valence-corrected chi connectivity index (χ3v) is 3.10. The number of hydrogen-bond donors (Lipinski definition) is 3. The van der Waals surface area contributed by atoms with Crippen LogP contribution in [0.5, 0.6) is 0 Å². The molecule has 6 heteroatoms. The third kappa shape index (κ3) is 22.4. The van der Waals surface area contributed by atoms with Crippen molar-refractivity contribution in [1.82, 2.24) is 10.6 Å². The fourth-order valence-corrected chi connectivity index (χ4v) is 1.53. The Morgan fingerprint density at radius 3 is 1.96 bits per heavy atom. The SMILES string of the molecule is CNCC=O.CNCOC(C)C1CC1.Cc1ccccc1.NCC=O. The zero-order chi connectivity index (χ0) is 19.3. The van der Waals surface area contributed by atoms with Crippen molar-refractivity contribution in [1.29, 1.82) is 0 Å². The van der Waals surface area contributed by atoms with Gasteiger partial charge >= 0.3 is 0 Å². The molecular weight excluding hydrogens is 318 g/mol. The summed E-state index contributed by atoms with van der Waals surface area (Å²) >= 11 is 0.